The van der Waals surface area contributed by atoms with E-state index in [-0.39, 0.29) is 23.0 Å². The number of hydrogen-bond acceptors (Lipinski definition) is 9. The summed E-state index contributed by atoms with van der Waals surface area (Å²) in [5.41, 5.74) is 0.769. The first-order valence-electron chi connectivity index (χ1n) is 9.54. The van der Waals surface area contributed by atoms with Gasteiger partial charge in [-0.25, -0.2) is 14.8 Å². The minimum absolute atomic E-state index is 0.0835. The topological polar surface area (TPSA) is 147 Å². The maximum atomic E-state index is 12.8. The number of fused-ring (bicyclic) bond motifs is 1. The number of thiophene rings is 1. The Morgan fingerprint density at radius 1 is 1.33 bits per heavy atom. The van der Waals surface area contributed by atoms with Gasteiger partial charge in [-0.05, 0) is 23.9 Å². The van der Waals surface area contributed by atoms with Crippen molar-refractivity contribution in [3.63, 3.8) is 0 Å². The quantitative estimate of drug-likeness (QED) is 0.371. The largest absolute Gasteiger partial charge is 0.477 e. The number of carbonyl (C=O) groups excluding carboxylic acids is 2. The molecule has 4 rings (SSSR count). The summed E-state index contributed by atoms with van der Waals surface area (Å²) in [6, 6.07) is 2.49. The van der Waals surface area contributed by atoms with Crippen molar-refractivity contribution in [3.05, 3.63) is 46.9 Å². The normalized spacial score (nSPS) is 21.7. The van der Waals surface area contributed by atoms with Crippen LogP contribution in [0.25, 0.3) is 0 Å². The molecule has 0 saturated carbocycles. The number of carbonyl (C=O) groups is 3. The van der Waals surface area contributed by atoms with Crippen LogP contribution in [0.1, 0.15) is 5.56 Å². The van der Waals surface area contributed by atoms with E-state index < -0.39 is 50.8 Å². The Balaban J connectivity index is 1.46. The number of thioether (sulfide) groups is 1. The summed E-state index contributed by atoms with van der Waals surface area (Å²) in [5, 5.41) is 13.8. The molecule has 14 heteroatoms. The van der Waals surface area contributed by atoms with Crippen LogP contribution >= 0.6 is 23.1 Å². The predicted molar refractivity (Wildman–Crippen MR) is 123 cm³/mol. The molecule has 1 saturated heterocycles. The second-order valence-electron chi connectivity index (χ2n) is 7.14. The summed E-state index contributed by atoms with van der Waals surface area (Å²) in [6.45, 7) is 1.71. The number of aromatic nitrogens is 2. The number of aliphatic carboxylic acids is 1. The van der Waals surface area contributed by atoms with Gasteiger partial charge in [0.25, 0.3) is 5.91 Å². The van der Waals surface area contributed by atoms with Crippen molar-refractivity contribution >= 4 is 62.5 Å². The van der Waals surface area contributed by atoms with Gasteiger partial charge in [-0.15, -0.1) is 23.1 Å². The smallest absolute Gasteiger partial charge is 0.352 e. The van der Waals surface area contributed by atoms with Crippen molar-refractivity contribution in [2.24, 2.45) is 0 Å². The number of rotatable bonds is 8. The molecule has 0 aromatic carbocycles. The second kappa shape index (κ2) is 9.83. The Morgan fingerprint density at radius 3 is 2.79 bits per heavy atom. The molecule has 4 heterocycles. The molecule has 2 amide bonds. The van der Waals surface area contributed by atoms with Crippen molar-refractivity contribution in [2.45, 2.75) is 27.6 Å². The van der Waals surface area contributed by atoms with Crippen LogP contribution in [0.4, 0.5) is 0 Å². The molecule has 0 spiro atoms. The van der Waals surface area contributed by atoms with Crippen molar-refractivity contribution < 1.29 is 27.9 Å². The Labute approximate surface area is 201 Å². The van der Waals surface area contributed by atoms with Crippen LogP contribution in [0.2, 0.25) is 0 Å². The molecule has 33 heavy (non-hydrogen) atoms. The number of β-lactam (4-membered cyclic amide) rings is 1. The molecular formula is C19H18N4O6S4. The summed E-state index contributed by atoms with van der Waals surface area (Å²) in [7, 11) is -3.13. The zero-order valence-corrected chi connectivity index (χ0v) is 20.4. The summed E-state index contributed by atoms with van der Waals surface area (Å²) in [5.74, 6) is -2.55. The first-order chi connectivity index (χ1) is 15.8. The van der Waals surface area contributed by atoms with Crippen LogP contribution < -0.4 is 5.32 Å². The summed E-state index contributed by atoms with van der Waals surface area (Å²) < 4.78 is 25.6. The van der Waals surface area contributed by atoms with Crippen molar-refractivity contribution in [3.8, 4) is 0 Å². The van der Waals surface area contributed by atoms with Gasteiger partial charge in [0.1, 0.15) is 34.2 Å². The number of carboxylic acid groups (broad SMARTS) is 1. The predicted octanol–water partition coefficient (Wildman–Crippen LogP) is 0.501. The van der Waals surface area contributed by atoms with Crippen LogP contribution in [0.5, 0.6) is 0 Å². The van der Waals surface area contributed by atoms with E-state index >= 15 is 0 Å². The molecule has 2 aromatic rings. The average Bonchev–Trinajstić information content (AvgIpc) is 3.32. The molecule has 2 aromatic heterocycles. The molecule has 4 unspecified atom stereocenters. The van der Waals surface area contributed by atoms with Gasteiger partial charge in [-0.1, -0.05) is 6.07 Å². The number of aryl methyl sites for hydroxylation is 1. The van der Waals surface area contributed by atoms with Crippen LogP contribution in [-0.4, -0.2) is 74.9 Å². The van der Waals surface area contributed by atoms with Crippen molar-refractivity contribution in [2.75, 3.05) is 17.3 Å². The standard InChI is InChI=1S/C19H18N4O6S4/c1-10-5-20-9-21-16(10)33(29)7-11-6-31-18-14(17(25)23(18)15(11)19(26)27)22-12(24)8-32(28)13-3-2-4-30-13/h2-5,9,14,18H,6-8H2,1H3,(H,22,24)(H,26,27). The Hall–Kier alpha value is -2.42. The summed E-state index contributed by atoms with van der Waals surface area (Å²) in [4.78, 5) is 46.1. The van der Waals surface area contributed by atoms with Gasteiger partial charge in [0.05, 0.1) is 31.6 Å². The molecular weight excluding hydrogens is 508 g/mol. The fourth-order valence-electron chi connectivity index (χ4n) is 3.45. The molecule has 2 aliphatic heterocycles. The highest BCUT2D eigenvalue weighted by Crippen LogP contribution is 2.40. The van der Waals surface area contributed by atoms with E-state index in [0.717, 1.165) is 4.90 Å². The molecule has 10 nitrogen and oxygen atoms in total. The second-order valence-corrected chi connectivity index (χ2v) is 12.2. The third-order valence-electron chi connectivity index (χ3n) is 4.92. The Bertz CT molecular complexity index is 1200. The van der Waals surface area contributed by atoms with E-state index in [4.69, 9.17) is 0 Å². The molecule has 174 valence electrons. The Kier molecular flexibility index (Phi) is 7.07. The van der Waals surface area contributed by atoms with E-state index in [9.17, 15) is 27.9 Å². The van der Waals surface area contributed by atoms with Crippen LogP contribution in [0.3, 0.4) is 0 Å². The molecule has 2 N–H and O–H groups in total. The van der Waals surface area contributed by atoms with Gasteiger partial charge >= 0.3 is 5.97 Å². The first kappa shape index (κ1) is 23.7. The molecule has 4 atom stereocenters. The summed E-state index contributed by atoms with van der Waals surface area (Å²) in [6.07, 6.45) is 2.80. The molecule has 2 aliphatic rings. The Morgan fingerprint density at radius 2 is 2.12 bits per heavy atom. The highest BCUT2D eigenvalue weighted by Gasteiger charge is 2.54. The number of nitrogens with zero attached hydrogens (tertiary/aromatic N) is 3. The zero-order chi connectivity index (χ0) is 23.7. The highest BCUT2D eigenvalue weighted by atomic mass is 32.2. The van der Waals surface area contributed by atoms with Crippen molar-refractivity contribution in [1.29, 1.82) is 0 Å². The maximum Gasteiger partial charge on any atom is 0.352 e. The number of amides is 2. The lowest BCUT2D eigenvalue weighted by Gasteiger charge is -2.49. The third kappa shape index (κ3) is 4.78. The lowest BCUT2D eigenvalue weighted by atomic mass is 10.0. The minimum atomic E-state index is -1.61. The molecule has 0 bridgehead atoms. The monoisotopic (exact) mass is 526 g/mol. The SMILES string of the molecule is Cc1cncnc1S(=O)CC1=C(C(=O)O)N2C(=O)C(NC(=O)CS(=O)c3cccs3)C2SC1. The average molecular weight is 527 g/mol. The first-order valence-corrected chi connectivity index (χ1v) is 14.1. The highest BCUT2D eigenvalue weighted by molar-refractivity contribution is 8.00. The fraction of sp³-hybridized carbons (Fsp3) is 0.316. The zero-order valence-electron chi connectivity index (χ0n) is 17.1. The maximum absolute atomic E-state index is 12.8. The molecule has 0 aliphatic carbocycles. The lowest BCUT2D eigenvalue weighted by molar-refractivity contribution is -0.150. The van der Waals surface area contributed by atoms with Gasteiger partial charge in [-0.3, -0.25) is 22.9 Å². The lowest BCUT2D eigenvalue weighted by Crippen LogP contribution is -2.70. The van der Waals surface area contributed by atoms with Gasteiger partial charge in [-0.2, -0.15) is 0 Å². The molecule has 1 fully saturated rings. The fourth-order valence-corrected chi connectivity index (χ4v) is 8.10. The van der Waals surface area contributed by atoms with Gasteiger partial charge in [0.15, 0.2) is 0 Å². The van der Waals surface area contributed by atoms with Gasteiger partial charge < -0.3 is 10.4 Å². The number of hydrogen-bond donors (Lipinski definition) is 2. The van der Waals surface area contributed by atoms with E-state index in [0.29, 0.717) is 20.4 Å². The van der Waals surface area contributed by atoms with E-state index in [1.165, 1.54) is 35.6 Å². The number of nitrogens with one attached hydrogen (secondary N) is 1. The van der Waals surface area contributed by atoms with E-state index in [1.807, 2.05) is 0 Å². The minimum Gasteiger partial charge on any atom is -0.477 e. The van der Waals surface area contributed by atoms with Crippen LogP contribution in [0.15, 0.2) is 50.5 Å². The van der Waals surface area contributed by atoms with Crippen LogP contribution in [-0.2, 0) is 36.0 Å². The van der Waals surface area contributed by atoms with Gasteiger partial charge in [0, 0.05) is 17.5 Å². The van der Waals surface area contributed by atoms with Crippen molar-refractivity contribution in [1.82, 2.24) is 20.2 Å². The molecule has 0 radical (unpaired) electrons. The van der Waals surface area contributed by atoms with E-state index in [2.05, 4.69) is 15.3 Å². The third-order valence-corrected chi connectivity index (χ3v) is 10.3. The van der Waals surface area contributed by atoms with Gasteiger partial charge in [0.2, 0.25) is 5.91 Å². The van der Waals surface area contributed by atoms with E-state index in [1.54, 1.807) is 24.4 Å². The summed E-state index contributed by atoms with van der Waals surface area (Å²) >= 11 is 2.56. The number of carboxylic acids is 1. The van der Waals surface area contributed by atoms with Crippen LogP contribution in [0, 0.1) is 6.92 Å².